The molecule has 14 heavy (non-hydrogen) atoms. The van der Waals surface area contributed by atoms with Gasteiger partial charge in [0.25, 0.3) is 0 Å². The third-order valence-corrected chi connectivity index (χ3v) is 0. The minimum absolute atomic E-state index is 0. The van der Waals surface area contributed by atoms with Crippen LogP contribution in [0.2, 0.25) is 0 Å². The van der Waals surface area contributed by atoms with Crippen molar-refractivity contribution in [2.75, 3.05) is 0 Å². The molecule has 0 heterocycles. The van der Waals surface area contributed by atoms with Gasteiger partial charge in [-0.1, -0.05) is 0 Å². The molecule has 0 aliphatic rings. The zero-order chi connectivity index (χ0) is 7.15. The van der Waals surface area contributed by atoms with Gasteiger partial charge in [0, 0.05) is 0 Å². The molecule has 0 aliphatic carbocycles. The van der Waals surface area contributed by atoms with Gasteiger partial charge in [-0.05, 0) is 6.16 Å². The summed E-state index contributed by atoms with van der Waals surface area (Å²) in [5.41, 5.74) is 0. The Hall–Kier alpha value is 2.79. The topological polar surface area (TPSA) is 151 Å². The largest absolute Gasteiger partial charge is 1.00 e. The van der Waals surface area contributed by atoms with E-state index in [9.17, 15) is 0 Å². The monoisotopic (exact) mass is 266 g/mol. The molecule has 0 radical (unpaired) electrons. The summed E-state index contributed by atoms with van der Waals surface area (Å²) in [6.45, 7) is 0. The van der Waals surface area contributed by atoms with E-state index >= 15 is 0 Å². The van der Waals surface area contributed by atoms with Crippen molar-refractivity contribution in [1.82, 2.24) is 0 Å². The minimum atomic E-state index is -2.33. The Kier molecular flexibility index (Phi) is 173. The zero-order valence-corrected chi connectivity index (χ0v) is 17.1. The van der Waals surface area contributed by atoms with Crippen LogP contribution in [0.5, 0.6) is 0 Å². The Morgan fingerprint density at radius 1 is 0.857 bits per heavy atom. The first-order valence-corrected chi connectivity index (χ1v) is 1.26. The first kappa shape index (κ1) is 54.2. The molecular formula is C2H3ClNa4O7. The fraction of sp³-hybridized carbons (Fsp3) is 0. The van der Waals surface area contributed by atoms with E-state index < -0.39 is 12.3 Å². The molecule has 0 unspecified atom stereocenters. The van der Waals surface area contributed by atoms with Crippen LogP contribution in [-0.4, -0.2) is 28.0 Å². The molecule has 0 spiro atoms. The van der Waals surface area contributed by atoms with E-state index in [1.165, 1.54) is 0 Å². The van der Waals surface area contributed by atoms with Gasteiger partial charge in [-0.3, -0.25) is 0 Å². The predicted octanol–water partition coefficient (Wildman–Crippen LogP) is -17.4. The van der Waals surface area contributed by atoms with E-state index in [0.717, 1.165) is 0 Å². The third-order valence-electron chi connectivity index (χ3n) is 0. The van der Waals surface area contributed by atoms with Crippen molar-refractivity contribution in [2.45, 2.75) is 0 Å². The number of hydrogen-bond donors (Lipinski definition) is 2. The fourth-order valence-corrected chi connectivity index (χ4v) is 0. The van der Waals surface area contributed by atoms with E-state index in [1.807, 2.05) is 0 Å². The second-order valence-electron chi connectivity index (χ2n) is 0.533. The van der Waals surface area contributed by atoms with E-state index in [4.69, 9.17) is 30.0 Å². The van der Waals surface area contributed by atoms with Crippen LogP contribution >= 0.6 is 0 Å². The molecule has 0 aromatic rings. The van der Waals surface area contributed by atoms with Crippen LogP contribution in [0.1, 0.15) is 0 Å². The summed E-state index contributed by atoms with van der Waals surface area (Å²) in [5, 5.41) is 30.6. The molecule has 0 atom stereocenters. The van der Waals surface area contributed by atoms with E-state index in [2.05, 4.69) is 0 Å². The number of hydrogen-bond acceptors (Lipinski definition) is 5. The van der Waals surface area contributed by atoms with Crippen LogP contribution in [-0.2, 0) is 0 Å². The quantitative estimate of drug-likeness (QED) is 0.413. The molecular weight excluding hydrogens is 263 g/mol. The average molecular weight is 266 g/mol. The number of carbonyl (C=O) groups excluding carboxylic acids is 1. The maximum Gasteiger partial charge on any atom is 1.00 e. The number of rotatable bonds is 0. The van der Waals surface area contributed by atoms with Gasteiger partial charge in [0.1, 0.15) is 0 Å². The Bertz CT molecular complexity index is 81.7. The van der Waals surface area contributed by atoms with Crippen LogP contribution in [0, 0.1) is 0 Å². The van der Waals surface area contributed by atoms with Crippen molar-refractivity contribution in [1.29, 1.82) is 0 Å². The van der Waals surface area contributed by atoms with Crippen molar-refractivity contribution >= 4 is 12.3 Å². The van der Waals surface area contributed by atoms with Gasteiger partial charge >= 0.3 is 124 Å². The summed E-state index contributed by atoms with van der Waals surface area (Å²) >= 11 is 0. The molecule has 0 bridgehead atoms. The standard InChI is InChI=1S/2CH2O3.ClH.4Na.H2O/c2*2-1(3)4;;;;;;/h2*(H2,2,3,4);1H;;;;;1H2/q;;;4*+1;/p-4. The Morgan fingerprint density at radius 2 is 0.857 bits per heavy atom. The minimum Gasteiger partial charge on any atom is -1.00 e. The second-order valence-corrected chi connectivity index (χ2v) is 0.533. The molecule has 0 aliphatic heterocycles. The molecule has 0 saturated carbocycles. The predicted molar refractivity (Wildman–Crippen MR) is 18.0 cm³/mol. The van der Waals surface area contributed by atoms with Gasteiger partial charge in [0.15, 0.2) is 0 Å². The molecule has 0 amide bonds. The van der Waals surface area contributed by atoms with Crippen LogP contribution < -0.4 is 141 Å². The van der Waals surface area contributed by atoms with Crippen molar-refractivity contribution in [3.63, 3.8) is 0 Å². The van der Waals surface area contributed by atoms with Crippen molar-refractivity contribution in [3.8, 4) is 0 Å². The van der Waals surface area contributed by atoms with Crippen LogP contribution in [0.4, 0.5) is 9.59 Å². The Morgan fingerprint density at radius 3 is 0.857 bits per heavy atom. The molecule has 64 valence electrons. The maximum atomic E-state index is 8.56. The van der Waals surface area contributed by atoms with Crippen molar-refractivity contribution in [3.05, 3.63) is 0 Å². The van der Waals surface area contributed by atoms with E-state index in [1.54, 1.807) is 0 Å². The maximum absolute atomic E-state index is 8.56. The molecule has 12 heteroatoms. The van der Waals surface area contributed by atoms with Crippen molar-refractivity contribution in [2.24, 2.45) is 0 Å². The Balaban J connectivity index is -0.00000000600. The zero-order valence-electron chi connectivity index (χ0n) is 8.35. The summed E-state index contributed by atoms with van der Waals surface area (Å²) in [4.78, 5) is 16.9. The summed E-state index contributed by atoms with van der Waals surface area (Å²) < 4.78 is 0. The average Bonchev–Trinajstić information content (AvgIpc) is 1.25. The number of halogens is 1. The van der Waals surface area contributed by atoms with Gasteiger partial charge < -0.3 is 43.1 Å². The van der Waals surface area contributed by atoms with Crippen molar-refractivity contribution < 1.29 is 166 Å². The fourth-order valence-electron chi connectivity index (χ4n) is 0. The molecule has 0 saturated heterocycles. The van der Waals surface area contributed by atoms with Crippen LogP contribution in [0.15, 0.2) is 0 Å². The summed E-state index contributed by atoms with van der Waals surface area (Å²) in [5.74, 6) is 0. The van der Waals surface area contributed by atoms with Gasteiger partial charge in [-0.2, -0.15) is 0 Å². The normalized spacial score (nSPS) is 3.43. The number of carbonyl (C=O) groups is 2. The molecule has 0 fully saturated rings. The molecule has 7 nitrogen and oxygen atoms in total. The summed E-state index contributed by atoms with van der Waals surface area (Å²) in [7, 11) is 0. The Labute approximate surface area is 175 Å². The summed E-state index contributed by atoms with van der Waals surface area (Å²) in [6, 6.07) is 0. The second kappa shape index (κ2) is 44.7. The van der Waals surface area contributed by atoms with Gasteiger partial charge in [0.2, 0.25) is 0 Å². The summed E-state index contributed by atoms with van der Waals surface area (Å²) in [6.07, 6.45) is -4.17. The third kappa shape index (κ3) is 361. The first-order chi connectivity index (χ1) is 3.46. The SMILES string of the molecule is O=C(O)O.O=C([O-])[O-].[Cl-].[Na+].[Na+].[Na+].[Na+].[OH-]. The van der Waals surface area contributed by atoms with Gasteiger partial charge in [-0.15, -0.1) is 0 Å². The van der Waals surface area contributed by atoms with Gasteiger partial charge in [-0.25, -0.2) is 4.79 Å². The number of carboxylic acid groups (broad SMARTS) is 4. The van der Waals surface area contributed by atoms with Gasteiger partial charge in [0.05, 0.1) is 0 Å². The van der Waals surface area contributed by atoms with E-state index in [0.29, 0.717) is 0 Å². The molecule has 0 aromatic heterocycles. The molecule has 3 N–H and O–H groups in total. The van der Waals surface area contributed by atoms with Crippen LogP contribution in [0.3, 0.4) is 0 Å². The molecule has 0 rings (SSSR count). The molecule has 0 aromatic carbocycles. The van der Waals surface area contributed by atoms with Crippen LogP contribution in [0.25, 0.3) is 0 Å². The first-order valence-electron chi connectivity index (χ1n) is 1.26. The smallest absolute Gasteiger partial charge is 1.00 e. The van der Waals surface area contributed by atoms with E-state index in [-0.39, 0.29) is 136 Å².